The van der Waals surface area contributed by atoms with E-state index in [0.717, 1.165) is 24.7 Å². The molecule has 0 spiro atoms. The van der Waals surface area contributed by atoms with Gasteiger partial charge in [-0.25, -0.2) is 13.2 Å². The maximum absolute atomic E-state index is 12.4. The fourth-order valence-electron chi connectivity index (χ4n) is 2.29. The molecule has 0 radical (unpaired) electrons. The van der Waals surface area contributed by atoms with Crippen LogP contribution in [0.25, 0.3) is 0 Å². The molecular formula is C18H29NO6S. The van der Waals surface area contributed by atoms with Gasteiger partial charge in [0.05, 0.1) is 18.6 Å². The van der Waals surface area contributed by atoms with Crippen molar-refractivity contribution in [2.24, 2.45) is 0 Å². The summed E-state index contributed by atoms with van der Waals surface area (Å²) < 4.78 is 35.8. The fourth-order valence-corrected chi connectivity index (χ4v) is 3.09. The van der Waals surface area contributed by atoms with Gasteiger partial charge in [0.25, 0.3) is 0 Å². The summed E-state index contributed by atoms with van der Waals surface area (Å²) in [5, 5.41) is 8.95. The van der Waals surface area contributed by atoms with Crippen molar-refractivity contribution in [1.29, 1.82) is 0 Å². The summed E-state index contributed by atoms with van der Waals surface area (Å²) in [6.07, 6.45) is 2.50. The first kappa shape index (κ1) is 22.2. The zero-order chi connectivity index (χ0) is 20.0. The largest absolute Gasteiger partial charge is 0.491 e. The number of aliphatic hydroxyl groups excluding tert-OH is 1. The number of ether oxygens (including phenoxy) is 2. The molecule has 0 aromatic heterocycles. The van der Waals surface area contributed by atoms with Crippen molar-refractivity contribution in [3.63, 3.8) is 0 Å². The second-order valence-corrected chi connectivity index (χ2v) is 8.81. The van der Waals surface area contributed by atoms with Crippen LogP contribution in [0.3, 0.4) is 0 Å². The quantitative estimate of drug-likeness (QED) is 0.737. The number of aryl methyl sites for hydroxylation is 1. The molecule has 0 aliphatic heterocycles. The third-order valence-electron chi connectivity index (χ3n) is 3.32. The molecule has 0 aliphatic rings. The van der Waals surface area contributed by atoms with E-state index in [0.29, 0.717) is 16.5 Å². The van der Waals surface area contributed by atoms with Gasteiger partial charge in [-0.2, -0.15) is 4.31 Å². The third kappa shape index (κ3) is 6.84. The highest BCUT2D eigenvalue weighted by atomic mass is 32.2. The van der Waals surface area contributed by atoms with E-state index in [1.54, 1.807) is 32.9 Å². The van der Waals surface area contributed by atoms with E-state index in [4.69, 9.17) is 14.6 Å². The van der Waals surface area contributed by atoms with Crippen molar-refractivity contribution in [2.75, 3.05) is 23.8 Å². The normalized spacial score (nSPS) is 11.9. The lowest BCUT2D eigenvalue weighted by atomic mass is 10.1. The molecule has 0 saturated carbocycles. The molecule has 8 heteroatoms. The molecule has 1 aromatic carbocycles. The summed E-state index contributed by atoms with van der Waals surface area (Å²) in [6.45, 7) is 7.07. The van der Waals surface area contributed by atoms with Crippen LogP contribution in [-0.2, 0) is 21.2 Å². The molecule has 0 aliphatic carbocycles. The zero-order valence-electron chi connectivity index (χ0n) is 16.1. The molecule has 1 amide bonds. The molecule has 26 heavy (non-hydrogen) atoms. The first-order valence-corrected chi connectivity index (χ1v) is 10.4. The maximum atomic E-state index is 12.4. The van der Waals surface area contributed by atoms with Crippen LogP contribution < -0.4 is 9.04 Å². The van der Waals surface area contributed by atoms with Crippen molar-refractivity contribution in [1.82, 2.24) is 0 Å². The van der Waals surface area contributed by atoms with Gasteiger partial charge in [-0.3, -0.25) is 0 Å². The number of hydrogen-bond acceptors (Lipinski definition) is 6. The first-order chi connectivity index (χ1) is 12.0. The Morgan fingerprint density at radius 2 is 1.92 bits per heavy atom. The monoisotopic (exact) mass is 387 g/mol. The minimum Gasteiger partial charge on any atom is -0.491 e. The SMILES string of the molecule is CCCCc1cc(N(C(=O)OC(C)(C)C)S(C)(=O)=O)ccc1OCCO. The van der Waals surface area contributed by atoms with Crippen LogP contribution in [0, 0.1) is 0 Å². The molecule has 0 saturated heterocycles. The molecule has 0 heterocycles. The van der Waals surface area contributed by atoms with E-state index in [1.807, 2.05) is 6.92 Å². The number of carbonyl (C=O) groups excluding carboxylic acids is 1. The van der Waals surface area contributed by atoms with Gasteiger partial charge in [-0.05, 0) is 57.4 Å². The Hall–Kier alpha value is -1.80. The number of rotatable bonds is 8. The minimum absolute atomic E-state index is 0.123. The number of amides is 1. The molecule has 1 aromatic rings. The van der Waals surface area contributed by atoms with Gasteiger partial charge in [0, 0.05) is 0 Å². The summed E-state index contributed by atoms with van der Waals surface area (Å²) in [5.41, 5.74) is 0.147. The van der Waals surface area contributed by atoms with Crippen LogP contribution in [-0.4, -0.2) is 44.7 Å². The van der Waals surface area contributed by atoms with E-state index >= 15 is 0 Å². The average molecular weight is 387 g/mol. The second-order valence-electron chi connectivity index (χ2n) is 6.98. The van der Waals surface area contributed by atoms with Gasteiger partial charge in [-0.1, -0.05) is 13.3 Å². The van der Waals surface area contributed by atoms with Crippen molar-refractivity contribution >= 4 is 21.8 Å². The standard InChI is InChI=1S/C18H29NO6S/c1-6-7-8-14-13-15(9-10-16(14)24-12-11-20)19(26(5,22)23)17(21)25-18(2,3)4/h9-10,13,20H,6-8,11-12H2,1-5H3. The van der Waals surface area contributed by atoms with E-state index in [-0.39, 0.29) is 18.9 Å². The zero-order valence-corrected chi connectivity index (χ0v) is 16.9. The second kappa shape index (κ2) is 9.23. The highest BCUT2D eigenvalue weighted by Gasteiger charge is 2.30. The van der Waals surface area contributed by atoms with Crippen molar-refractivity contribution in [3.05, 3.63) is 23.8 Å². The average Bonchev–Trinajstić information content (AvgIpc) is 2.48. The summed E-state index contributed by atoms with van der Waals surface area (Å²) in [4.78, 5) is 12.4. The number of carbonyl (C=O) groups is 1. The summed E-state index contributed by atoms with van der Waals surface area (Å²) >= 11 is 0. The van der Waals surface area contributed by atoms with Gasteiger partial charge >= 0.3 is 6.09 Å². The van der Waals surface area contributed by atoms with Crippen molar-refractivity contribution < 1.29 is 27.8 Å². The minimum atomic E-state index is -3.88. The summed E-state index contributed by atoms with van der Waals surface area (Å²) in [7, 11) is -3.88. The van der Waals surface area contributed by atoms with Gasteiger partial charge in [-0.15, -0.1) is 0 Å². The Morgan fingerprint density at radius 3 is 2.42 bits per heavy atom. The number of aliphatic hydroxyl groups is 1. The van der Waals surface area contributed by atoms with E-state index in [2.05, 4.69) is 0 Å². The number of anilines is 1. The van der Waals surface area contributed by atoms with Crippen molar-refractivity contribution in [2.45, 2.75) is 52.6 Å². The number of sulfonamides is 1. The number of unbranched alkanes of at least 4 members (excludes halogenated alkanes) is 1. The Bertz CT molecular complexity index is 709. The summed E-state index contributed by atoms with van der Waals surface area (Å²) in [5.74, 6) is 0.564. The van der Waals surface area contributed by atoms with E-state index < -0.39 is 21.7 Å². The Balaban J connectivity index is 3.31. The fraction of sp³-hybridized carbons (Fsp3) is 0.611. The Morgan fingerprint density at radius 1 is 1.27 bits per heavy atom. The smallest absolute Gasteiger partial charge is 0.428 e. The topological polar surface area (TPSA) is 93.1 Å². The predicted octanol–water partition coefficient (Wildman–Crippen LogP) is 3.10. The van der Waals surface area contributed by atoms with Crippen molar-refractivity contribution in [3.8, 4) is 5.75 Å². The molecular weight excluding hydrogens is 358 g/mol. The molecule has 0 unspecified atom stereocenters. The molecule has 0 atom stereocenters. The maximum Gasteiger partial charge on any atom is 0.428 e. The van der Waals surface area contributed by atoms with Crippen LogP contribution in [0.4, 0.5) is 10.5 Å². The lowest BCUT2D eigenvalue weighted by Crippen LogP contribution is -2.40. The van der Waals surface area contributed by atoms with Crippen LogP contribution in [0.5, 0.6) is 5.75 Å². The van der Waals surface area contributed by atoms with Gasteiger partial charge in [0.15, 0.2) is 0 Å². The molecule has 0 fully saturated rings. The van der Waals surface area contributed by atoms with E-state index in [9.17, 15) is 13.2 Å². The first-order valence-electron chi connectivity index (χ1n) is 8.59. The number of benzene rings is 1. The lowest BCUT2D eigenvalue weighted by Gasteiger charge is -2.26. The van der Waals surface area contributed by atoms with Crippen LogP contribution in [0.15, 0.2) is 18.2 Å². The van der Waals surface area contributed by atoms with Gasteiger partial charge in [0.1, 0.15) is 18.0 Å². The van der Waals surface area contributed by atoms with Crippen LogP contribution in [0.1, 0.15) is 46.1 Å². The van der Waals surface area contributed by atoms with E-state index in [1.165, 1.54) is 6.07 Å². The molecule has 1 N–H and O–H groups in total. The molecule has 1 rings (SSSR count). The third-order valence-corrected chi connectivity index (χ3v) is 4.34. The van der Waals surface area contributed by atoms with Gasteiger partial charge < -0.3 is 14.6 Å². The molecule has 0 bridgehead atoms. The molecule has 148 valence electrons. The summed E-state index contributed by atoms with van der Waals surface area (Å²) in [6, 6.07) is 4.72. The number of hydrogen-bond donors (Lipinski definition) is 1. The predicted molar refractivity (Wildman–Crippen MR) is 101 cm³/mol. The van der Waals surface area contributed by atoms with Gasteiger partial charge in [0.2, 0.25) is 10.0 Å². The number of nitrogens with zero attached hydrogens (tertiary/aromatic N) is 1. The highest BCUT2D eigenvalue weighted by Crippen LogP contribution is 2.29. The Labute approximate surface area is 156 Å². The molecule has 7 nitrogen and oxygen atoms in total. The van der Waals surface area contributed by atoms with Crippen LogP contribution >= 0.6 is 0 Å². The van der Waals surface area contributed by atoms with Crippen LogP contribution in [0.2, 0.25) is 0 Å². The lowest BCUT2D eigenvalue weighted by molar-refractivity contribution is 0.0609. The Kier molecular flexibility index (Phi) is 7.89. The highest BCUT2D eigenvalue weighted by molar-refractivity contribution is 7.92.